The third-order valence-corrected chi connectivity index (χ3v) is 3.56. The number of nitrogens with zero attached hydrogens (tertiary/aromatic N) is 1. The molecule has 3 rings (SSSR count). The first-order chi connectivity index (χ1) is 10.3. The highest BCUT2D eigenvalue weighted by Crippen LogP contribution is 2.23. The largest absolute Gasteiger partial charge is 0.497 e. The van der Waals surface area contributed by atoms with Gasteiger partial charge in [0.15, 0.2) is 0 Å². The van der Waals surface area contributed by atoms with Crippen LogP contribution in [0.1, 0.15) is 11.3 Å². The van der Waals surface area contributed by atoms with E-state index in [1.807, 2.05) is 66.7 Å². The van der Waals surface area contributed by atoms with Crippen molar-refractivity contribution in [1.82, 2.24) is 4.98 Å². The Kier molecular flexibility index (Phi) is 3.89. The van der Waals surface area contributed by atoms with Crippen LogP contribution in [-0.4, -0.2) is 12.1 Å². The van der Waals surface area contributed by atoms with Gasteiger partial charge in [0.1, 0.15) is 5.75 Å². The number of rotatable bonds is 3. The number of ether oxygens (including phenoxy) is 1. The maximum absolute atomic E-state index is 6.38. The third-order valence-electron chi connectivity index (χ3n) is 3.25. The molecule has 1 heterocycles. The van der Waals surface area contributed by atoms with Crippen LogP contribution in [-0.2, 0) is 0 Å². The van der Waals surface area contributed by atoms with E-state index in [0.717, 1.165) is 27.9 Å². The number of para-hydroxylation sites is 1. The van der Waals surface area contributed by atoms with Crippen LogP contribution >= 0.6 is 11.6 Å². The molecule has 1 aromatic heterocycles. The maximum atomic E-state index is 6.38. The minimum absolute atomic E-state index is 0.617. The molecule has 0 atom stereocenters. The molecular formula is C18H14ClNO. The van der Waals surface area contributed by atoms with E-state index in [1.54, 1.807) is 7.11 Å². The fourth-order valence-electron chi connectivity index (χ4n) is 2.12. The molecule has 0 saturated carbocycles. The monoisotopic (exact) mass is 295 g/mol. The van der Waals surface area contributed by atoms with Crippen molar-refractivity contribution in [3.8, 4) is 5.75 Å². The standard InChI is InChI=1S/C18H14ClNO/c1-21-15-9-6-13(7-10-15)12-16(19)18-11-8-14-4-2-3-5-17(14)20-18/h2-12H,1H3/b16-12-. The predicted molar refractivity (Wildman–Crippen MR) is 88.5 cm³/mol. The zero-order chi connectivity index (χ0) is 14.7. The first-order valence-electron chi connectivity index (χ1n) is 6.64. The van der Waals surface area contributed by atoms with Crippen molar-refractivity contribution < 1.29 is 4.74 Å². The lowest BCUT2D eigenvalue weighted by atomic mass is 10.1. The van der Waals surface area contributed by atoms with Crippen LogP contribution in [0, 0.1) is 0 Å². The van der Waals surface area contributed by atoms with Crippen LogP contribution in [0.3, 0.4) is 0 Å². The van der Waals surface area contributed by atoms with Gasteiger partial charge in [-0.2, -0.15) is 0 Å². The smallest absolute Gasteiger partial charge is 0.118 e. The second-order valence-corrected chi connectivity index (χ2v) is 5.06. The van der Waals surface area contributed by atoms with Crippen molar-refractivity contribution in [2.24, 2.45) is 0 Å². The normalized spacial score (nSPS) is 11.6. The third kappa shape index (κ3) is 3.06. The van der Waals surface area contributed by atoms with Gasteiger partial charge in [0.05, 0.1) is 23.4 Å². The van der Waals surface area contributed by atoms with E-state index < -0.39 is 0 Å². The van der Waals surface area contributed by atoms with Crippen LogP contribution in [0.4, 0.5) is 0 Å². The lowest BCUT2D eigenvalue weighted by Crippen LogP contribution is -1.86. The first-order valence-corrected chi connectivity index (χ1v) is 7.01. The molecule has 3 heteroatoms. The quantitative estimate of drug-likeness (QED) is 0.680. The summed E-state index contributed by atoms with van der Waals surface area (Å²) in [7, 11) is 1.65. The lowest BCUT2D eigenvalue weighted by Gasteiger charge is -2.03. The van der Waals surface area contributed by atoms with Gasteiger partial charge in [0, 0.05) is 5.39 Å². The minimum atomic E-state index is 0.617. The highest BCUT2D eigenvalue weighted by Gasteiger charge is 2.02. The molecule has 3 aromatic rings. The van der Waals surface area contributed by atoms with Crippen LogP contribution in [0.5, 0.6) is 5.75 Å². The van der Waals surface area contributed by atoms with Crippen molar-refractivity contribution in [2.75, 3.05) is 7.11 Å². The Bertz CT molecular complexity index is 794. The van der Waals surface area contributed by atoms with E-state index in [0.29, 0.717) is 5.03 Å². The molecule has 0 amide bonds. The number of hydrogen-bond acceptors (Lipinski definition) is 2. The number of benzene rings is 2. The molecule has 104 valence electrons. The molecule has 2 aromatic carbocycles. The SMILES string of the molecule is COc1ccc(/C=C(\Cl)c2ccc3ccccc3n2)cc1. The van der Waals surface area contributed by atoms with Crippen molar-refractivity contribution in [2.45, 2.75) is 0 Å². The van der Waals surface area contributed by atoms with Crippen LogP contribution in [0.2, 0.25) is 0 Å². The predicted octanol–water partition coefficient (Wildman–Crippen LogP) is 4.98. The van der Waals surface area contributed by atoms with E-state index in [2.05, 4.69) is 4.98 Å². The summed E-state index contributed by atoms with van der Waals surface area (Å²) in [5.41, 5.74) is 2.72. The van der Waals surface area contributed by atoms with E-state index in [1.165, 1.54) is 0 Å². The molecule has 21 heavy (non-hydrogen) atoms. The molecule has 0 aliphatic heterocycles. The molecule has 2 nitrogen and oxygen atoms in total. The number of halogens is 1. The Morgan fingerprint density at radius 1 is 1.00 bits per heavy atom. The molecule has 0 saturated heterocycles. The molecule has 0 unspecified atom stereocenters. The highest BCUT2D eigenvalue weighted by atomic mass is 35.5. The fraction of sp³-hybridized carbons (Fsp3) is 0.0556. The van der Waals surface area contributed by atoms with Crippen molar-refractivity contribution >= 4 is 33.6 Å². The fourth-order valence-corrected chi connectivity index (χ4v) is 2.35. The minimum Gasteiger partial charge on any atom is -0.497 e. The lowest BCUT2D eigenvalue weighted by molar-refractivity contribution is 0.415. The van der Waals surface area contributed by atoms with Gasteiger partial charge in [-0.15, -0.1) is 0 Å². The molecule has 0 fully saturated rings. The molecular weight excluding hydrogens is 282 g/mol. The Balaban J connectivity index is 1.94. The Morgan fingerprint density at radius 3 is 2.52 bits per heavy atom. The zero-order valence-corrected chi connectivity index (χ0v) is 12.3. The topological polar surface area (TPSA) is 22.1 Å². The molecule has 0 radical (unpaired) electrons. The van der Waals surface area contributed by atoms with Crippen molar-refractivity contribution in [1.29, 1.82) is 0 Å². The Labute approximate surface area is 128 Å². The zero-order valence-electron chi connectivity index (χ0n) is 11.6. The summed E-state index contributed by atoms with van der Waals surface area (Å²) < 4.78 is 5.14. The second-order valence-electron chi connectivity index (χ2n) is 4.65. The number of fused-ring (bicyclic) bond motifs is 1. The van der Waals surface area contributed by atoms with Gasteiger partial charge >= 0.3 is 0 Å². The van der Waals surface area contributed by atoms with Gasteiger partial charge in [-0.3, -0.25) is 0 Å². The average Bonchev–Trinajstić information content (AvgIpc) is 2.55. The number of aromatic nitrogens is 1. The summed E-state index contributed by atoms with van der Waals surface area (Å²) in [6.07, 6.45) is 1.90. The second kappa shape index (κ2) is 5.98. The van der Waals surface area contributed by atoms with E-state index >= 15 is 0 Å². The summed E-state index contributed by atoms with van der Waals surface area (Å²) in [6, 6.07) is 19.7. The Hall–Kier alpha value is -2.32. The Morgan fingerprint density at radius 2 is 1.76 bits per heavy atom. The first kappa shape index (κ1) is 13.7. The van der Waals surface area contributed by atoms with Gasteiger partial charge in [-0.1, -0.05) is 48.0 Å². The molecule has 0 bridgehead atoms. The van der Waals surface area contributed by atoms with Gasteiger partial charge in [0.2, 0.25) is 0 Å². The van der Waals surface area contributed by atoms with Gasteiger partial charge in [0.25, 0.3) is 0 Å². The van der Waals surface area contributed by atoms with Crippen LogP contribution < -0.4 is 4.74 Å². The summed E-state index contributed by atoms with van der Waals surface area (Å²) in [6.45, 7) is 0. The summed E-state index contributed by atoms with van der Waals surface area (Å²) >= 11 is 6.38. The van der Waals surface area contributed by atoms with E-state index in [4.69, 9.17) is 16.3 Å². The molecule has 0 spiro atoms. The van der Waals surface area contributed by atoms with E-state index in [9.17, 15) is 0 Å². The van der Waals surface area contributed by atoms with Crippen molar-refractivity contribution in [3.63, 3.8) is 0 Å². The summed E-state index contributed by atoms with van der Waals surface area (Å²) in [5, 5.41) is 1.72. The van der Waals surface area contributed by atoms with Gasteiger partial charge in [-0.25, -0.2) is 4.98 Å². The molecule has 0 aliphatic carbocycles. The van der Waals surface area contributed by atoms with Gasteiger partial charge < -0.3 is 4.74 Å². The summed E-state index contributed by atoms with van der Waals surface area (Å²) in [4.78, 5) is 4.58. The molecule has 0 N–H and O–H groups in total. The van der Waals surface area contributed by atoms with Gasteiger partial charge in [-0.05, 0) is 35.9 Å². The summed E-state index contributed by atoms with van der Waals surface area (Å²) in [5.74, 6) is 0.826. The van der Waals surface area contributed by atoms with Crippen LogP contribution in [0.25, 0.3) is 22.0 Å². The maximum Gasteiger partial charge on any atom is 0.118 e. The van der Waals surface area contributed by atoms with Crippen molar-refractivity contribution in [3.05, 3.63) is 71.9 Å². The average molecular weight is 296 g/mol. The van der Waals surface area contributed by atoms with Crippen LogP contribution in [0.15, 0.2) is 60.7 Å². The van der Waals surface area contributed by atoms with E-state index in [-0.39, 0.29) is 0 Å². The highest BCUT2D eigenvalue weighted by molar-refractivity contribution is 6.51. The number of pyridine rings is 1. The number of hydrogen-bond donors (Lipinski definition) is 0. The number of methoxy groups -OCH3 is 1. The molecule has 0 aliphatic rings.